The molecule has 0 nitrogen and oxygen atoms in total. The zero-order chi connectivity index (χ0) is 11.3. The Labute approximate surface area is 111 Å². The van der Waals surface area contributed by atoms with Gasteiger partial charge in [0.15, 0.2) is 0 Å². The third kappa shape index (κ3) is 37.9. The van der Waals surface area contributed by atoms with Gasteiger partial charge in [-0.05, 0) is 0 Å². The summed E-state index contributed by atoms with van der Waals surface area (Å²) < 4.78 is 1.16. The molecular formula is C12H27AsZn-. The zero-order valence-corrected chi connectivity index (χ0v) is 16.5. The van der Waals surface area contributed by atoms with E-state index in [1.165, 1.54) is 5.92 Å². The van der Waals surface area contributed by atoms with Crippen molar-refractivity contribution in [2.75, 3.05) is 0 Å². The van der Waals surface area contributed by atoms with Gasteiger partial charge in [-0.25, -0.2) is 0 Å². The Bertz CT molecular complexity index is 103. The predicted octanol–water partition coefficient (Wildman–Crippen LogP) is 4.75. The molecule has 0 aliphatic carbocycles. The van der Waals surface area contributed by atoms with Crippen LogP contribution in [0.1, 0.15) is 62.3 Å². The van der Waals surface area contributed by atoms with E-state index in [2.05, 4.69) is 62.3 Å². The molecule has 0 aromatic carbocycles. The van der Waals surface area contributed by atoms with Crippen molar-refractivity contribution in [1.29, 1.82) is 0 Å². The van der Waals surface area contributed by atoms with Gasteiger partial charge in [0.2, 0.25) is 0 Å². The molecule has 0 saturated heterocycles. The minimum atomic E-state index is 0. The molecule has 0 aromatic rings. The smallest absolute Gasteiger partial charge is 0 e. The maximum absolute atomic E-state index is 2.33. The monoisotopic (exact) mass is 310 g/mol. The van der Waals surface area contributed by atoms with Crippen LogP contribution in [0.4, 0.5) is 0 Å². The molecule has 0 fully saturated rings. The Morgan fingerprint density at radius 1 is 0.714 bits per heavy atom. The van der Waals surface area contributed by atoms with Crippen LogP contribution < -0.4 is 0 Å². The fourth-order valence-electron chi connectivity index (χ4n) is 1.01. The van der Waals surface area contributed by atoms with E-state index in [0.29, 0.717) is 24.2 Å². The maximum Gasteiger partial charge on any atom is 0 e. The molecule has 0 N–H and O–H groups in total. The van der Waals surface area contributed by atoms with Gasteiger partial charge in [0.1, 0.15) is 0 Å². The minimum Gasteiger partial charge on any atom is -0.323 e. The van der Waals surface area contributed by atoms with E-state index in [9.17, 15) is 0 Å². The minimum absolute atomic E-state index is 0. The summed E-state index contributed by atoms with van der Waals surface area (Å²) in [5, 5.41) is 0. The van der Waals surface area contributed by atoms with Crippen molar-refractivity contribution in [3.8, 4) is 0 Å². The van der Waals surface area contributed by atoms with E-state index in [4.69, 9.17) is 0 Å². The summed E-state index contributed by atoms with van der Waals surface area (Å²) in [6, 6.07) is 0. The fourth-order valence-corrected chi connectivity index (χ4v) is 5.23. The second kappa shape index (κ2) is 8.35. The number of hydrogen-bond acceptors (Lipinski definition) is 0. The van der Waals surface area contributed by atoms with E-state index < -0.39 is 0 Å². The third-order valence-corrected chi connectivity index (χ3v) is 3.49. The van der Waals surface area contributed by atoms with E-state index in [1.807, 2.05) is 0 Å². The van der Waals surface area contributed by atoms with Crippen molar-refractivity contribution in [2.45, 2.75) is 70.7 Å². The molecule has 0 rings (SSSR count). The molecule has 83 valence electrons. The van der Waals surface area contributed by atoms with Crippen molar-refractivity contribution >= 4 is 15.8 Å². The molecule has 0 aliphatic heterocycles. The quantitative estimate of drug-likeness (QED) is 0.447. The Morgan fingerprint density at radius 3 is 0.857 bits per heavy atom. The Balaban J connectivity index is -0.000000209. The van der Waals surface area contributed by atoms with Crippen LogP contribution in [0.3, 0.4) is 0 Å². The van der Waals surface area contributed by atoms with Crippen LogP contribution in [0.2, 0.25) is 8.41 Å². The van der Waals surface area contributed by atoms with Crippen molar-refractivity contribution in [3.63, 3.8) is 0 Å². The predicted molar refractivity (Wildman–Crippen MR) is 65.4 cm³/mol. The van der Waals surface area contributed by atoms with Crippen molar-refractivity contribution in [1.82, 2.24) is 0 Å². The summed E-state index contributed by atoms with van der Waals surface area (Å²) in [7, 11) is 0. The van der Waals surface area contributed by atoms with Crippen LogP contribution in [0.5, 0.6) is 0 Å². The first-order valence-corrected chi connectivity index (χ1v) is 6.82. The summed E-state index contributed by atoms with van der Waals surface area (Å²) in [5.74, 6) is 1.42. The van der Waals surface area contributed by atoms with E-state index in [-0.39, 0.29) is 19.5 Å². The van der Waals surface area contributed by atoms with Crippen LogP contribution in [0.15, 0.2) is 0 Å². The molecule has 0 spiro atoms. The molecule has 0 heterocycles. The van der Waals surface area contributed by atoms with Crippen LogP contribution >= 0.6 is 0 Å². The molecule has 0 bridgehead atoms. The van der Waals surface area contributed by atoms with E-state index >= 15 is 0 Å². The van der Waals surface area contributed by atoms with Gasteiger partial charge in [0, 0.05) is 19.5 Å². The van der Waals surface area contributed by atoms with Gasteiger partial charge in [0.25, 0.3) is 0 Å². The SMILES string of the molecule is CC(C)(C)[As]C(C)(C)C.C[C-](C)C.[Zn]. The van der Waals surface area contributed by atoms with Gasteiger partial charge in [-0.2, -0.15) is 20.8 Å². The summed E-state index contributed by atoms with van der Waals surface area (Å²) >= 11 is 0.479. The molecule has 0 saturated carbocycles. The molecular weight excluding hydrogens is 284 g/mol. The number of hydrogen-bond donors (Lipinski definition) is 0. The van der Waals surface area contributed by atoms with Gasteiger partial charge in [-0.15, -0.1) is 0 Å². The maximum atomic E-state index is 2.33. The van der Waals surface area contributed by atoms with E-state index in [0.717, 1.165) is 0 Å². The largest absolute Gasteiger partial charge is 0.323 e. The second-order valence-corrected chi connectivity index (χ2v) is 12.1. The van der Waals surface area contributed by atoms with Gasteiger partial charge >= 0.3 is 65.7 Å². The van der Waals surface area contributed by atoms with Crippen LogP contribution in [0, 0.1) is 5.92 Å². The molecule has 0 atom stereocenters. The molecule has 1 radical (unpaired) electrons. The average molecular weight is 312 g/mol. The third-order valence-electron chi connectivity index (χ3n) is 0.671. The molecule has 14 heavy (non-hydrogen) atoms. The summed E-state index contributed by atoms with van der Waals surface area (Å²) in [6.45, 7) is 20.2. The Morgan fingerprint density at radius 2 is 0.857 bits per heavy atom. The molecule has 0 aromatic heterocycles. The van der Waals surface area contributed by atoms with Crippen LogP contribution in [-0.2, 0) is 19.5 Å². The van der Waals surface area contributed by atoms with Crippen molar-refractivity contribution < 1.29 is 19.5 Å². The fraction of sp³-hybridized carbons (Fsp3) is 0.917. The van der Waals surface area contributed by atoms with Crippen molar-refractivity contribution in [3.05, 3.63) is 5.92 Å². The Hall–Kier alpha value is 1.18. The van der Waals surface area contributed by atoms with Gasteiger partial charge in [-0.3, -0.25) is 0 Å². The Kier molecular flexibility index (Phi) is 12.3. The van der Waals surface area contributed by atoms with Crippen LogP contribution in [0.25, 0.3) is 0 Å². The molecule has 0 aliphatic rings. The first kappa shape index (κ1) is 20.6. The van der Waals surface area contributed by atoms with E-state index in [1.54, 1.807) is 0 Å². The zero-order valence-electron chi connectivity index (χ0n) is 11.7. The average Bonchev–Trinajstić information content (AvgIpc) is 1.47. The normalized spacial score (nSPS) is 11.6. The number of rotatable bonds is 0. The standard InChI is InChI=1S/C8H18As.C4H9.Zn/c1-7(2,3)9-8(4,5)6;1-4(2)3;/h1-6H3;1-3H3;/q;-1;. The van der Waals surface area contributed by atoms with Crippen LogP contribution in [-0.4, -0.2) is 15.8 Å². The molecule has 0 unspecified atom stereocenters. The topological polar surface area (TPSA) is 0 Å². The van der Waals surface area contributed by atoms with Gasteiger partial charge in [0.05, 0.1) is 0 Å². The second-order valence-electron chi connectivity index (χ2n) is 5.95. The summed E-state index contributed by atoms with van der Waals surface area (Å²) in [5.41, 5.74) is 0. The molecule has 2 heteroatoms. The summed E-state index contributed by atoms with van der Waals surface area (Å²) in [6.07, 6.45) is 0. The summed E-state index contributed by atoms with van der Waals surface area (Å²) in [4.78, 5) is 0. The van der Waals surface area contributed by atoms with Gasteiger partial charge < -0.3 is 5.92 Å². The first-order chi connectivity index (χ1) is 5.44. The molecule has 0 amide bonds. The first-order valence-electron chi connectivity index (χ1n) is 4.95. The van der Waals surface area contributed by atoms with Gasteiger partial charge in [-0.1, -0.05) is 0 Å². The van der Waals surface area contributed by atoms with Crippen molar-refractivity contribution in [2.24, 2.45) is 0 Å².